The number of carbonyl (C=O) groups excluding carboxylic acids is 1. The van der Waals surface area contributed by atoms with E-state index in [0.29, 0.717) is 6.54 Å². The molecule has 23 heavy (non-hydrogen) atoms. The number of hydrogen-bond acceptors (Lipinski definition) is 2. The highest BCUT2D eigenvalue weighted by atomic mass is 16.2. The summed E-state index contributed by atoms with van der Waals surface area (Å²) in [7, 11) is 0. The van der Waals surface area contributed by atoms with Gasteiger partial charge < -0.3 is 5.32 Å². The Balaban J connectivity index is 1.65. The van der Waals surface area contributed by atoms with Crippen LogP contribution in [0.5, 0.6) is 0 Å². The largest absolute Gasteiger partial charge is 0.325 e. The van der Waals surface area contributed by atoms with E-state index in [1.165, 1.54) is 22.3 Å². The van der Waals surface area contributed by atoms with Crippen molar-refractivity contribution in [3.8, 4) is 0 Å². The Morgan fingerprint density at radius 1 is 0.957 bits per heavy atom. The molecule has 0 aromatic heterocycles. The zero-order valence-electron chi connectivity index (χ0n) is 14.4. The normalized spacial score (nSPS) is 13.9. The van der Waals surface area contributed by atoms with E-state index >= 15 is 0 Å². The Kier molecular flexibility index (Phi) is 4.22. The maximum Gasteiger partial charge on any atom is 0.238 e. The molecule has 0 fully saturated rings. The van der Waals surface area contributed by atoms with Crippen molar-refractivity contribution in [3.63, 3.8) is 0 Å². The minimum Gasteiger partial charge on any atom is -0.325 e. The third kappa shape index (κ3) is 3.45. The third-order valence-corrected chi connectivity index (χ3v) is 4.64. The molecule has 3 nitrogen and oxygen atoms in total. The maximum atomic E-state index is 12.4. The van der Waals surface area contributed by atoms with Crippen LogP contribution in [-0.4, -0.2) is 17.4 Å². The fraction of sp³-hybridized carbons (Fsp3) is 0.350. The lowest BCUT2D eigenvalue weighted by Gasteiger charge is -2.15. The maximum absolute atomic E-state index is 12.4. The predicted octanol–water partition coefficient (Wildman–Crippen LogP) is 3.87. The molecule has 0 atom stereocenters. The monoisotopic (exact) mass is 308 g/mol. The second kappa shape index (κ2) is 6.17. The summed E-state index contributed by atoms with van der Waals surface area (Å²) in [6.07, 6.45) is 0. The summed E-state index contributed by atoms with van der Waals surface area (Å²) >= 11 is 0. The van der Waals surface area contributed by atoms with Gasteiger partial charge in [-0.3, -0.25) is 9.69 Å². The SMILES string of the molecule is Cc1ccc(C)c(NC(=O)CN2Cc3cc(C)c(C)cc3C2)c1. The highest BCUT2D eigenvalue weighted by Gasteiger charge is 2.21. The van der Waals surface area contributed by atoms with Gasteiger partial charge in [-0.15, -0.1) is 0 Å². The quantitative estimate of drug-likeness (QED) is 0.933. The average Bonchev–Trinajstić information content (AvgIpc) is 2.84. The van der Waals surface area contributed by atoms with Gasteiger partial charge in [0.1, 0.15) is 0 Å². The van der Waals surface area contributed by atoms with E-state index in [0.717, 1.165) is 29.9 Å². The first kappa shape index (κ1) is 15.8. The summed E-state index contributed by atoms with van der Waals surface area (Å²) in [5.74, 6) is 0.0555. The molecule has 1 amide bonds. The molecule has 1 aliphatic heterocycles. The van der Waals surface area contributed by atoms with Crippen LogP contribution in [-0.2, 0) is 17.9 Å². The van der Waals surface area contributed by atoms with Crippen LogP contribution in [0.4, 0.5) is 5.69 Å². The van der Waals surface area contributed by atoms with Crippen LogP contribution < -0.4 is 5.32 Å². The summed E-state index contributed by atoms with van der Waals surface area (Å²) in [6, 6.07) is 10.6. The molecular formula is C20H24N2O. The van der Waals surface area contributed by atoms with Gasteiger partial charge in [-0.25, -0.2) is 0 Å². The zero-order valence-corrected chi connectivity index (χ0v) is 14.4. The third-order valence-electron chi connectivity index (χ3n) is 4.64. The van der Waals surface area contributed by atoms with Gasteiger partial charge in [0.05, 0.1) is 6.54 Å². The van der Waals surface area contributed by atoms with Crippen LogP contribution in [0.3, 0.4) is 0 Å². The Morgan fingerprint density at radius 3 is 2.17 bits per heavy atom. The van der Waals surface area contributed by atoms with Crippen molar-refractivity contribution < 1.29 is 4.79 Å². The van der Waals surface area contributed by atoms with Gasteiger partial charge in [-0.2, -0.15) is 0 Å². The molecule has 0 saturated heterocycles. The lowest BCUT2D eigenvalue weighted by molar-refractivity contribution is -0.117. The summed E-state index contributed by atoms with van der Waals surface area (Å²) in [4.78, 5) is 14.6. The number of rotatable bonds is 3. The molecule has 0 unspecified atom stereocenters. The molecule has 0 aliphatic carbocycles. The molecule has 2 aromatic rings. The highest BCUT2D eigenvalue weighted by molar-refractivity contribution is 5.93. The molecule has 1 aliphatic rings. The van der Waals surface area contributed by atoms with E-state index in [4.69, 9.17) is 0 Å². The Morgan fingerprint density at radius 2 is 1.57 bits per heavy atom. The van der Waals surface area contributed by atoms with Crippen LogP contribution in [0.1, 0.15) is 33.4 Å². The van der Waals surface area contributed by atoms with E-state index in [1.807, 2.05) is 26.0 Å². The van der Waals surface area contributed by atoms with Gasteiger partial charge >= 0.3 is 0 Å². The fourth-order valence-corrected chi connectivity index (χ4v) is 3.14. The zero-order chi connectivity index (χ0) is 16.6. The van der Waals surface area contributed by atoms with E-state index in [1.54, 1.807) is 0 Å². The molecule has 0 saturated carbocycles. The minimum atomic E-state index is 0.0555. The van der Waals surface area contributed by atoms with Crippen LogP contribution in [0.25, 0.3) is 0 Å². The van der Waals surface area contributed by atoms with Crippen molar-refractivity contribution in [2.24, 2.45) is 0 Å². The average molecular weight is 308 g/mol. The van der Waals surface area contributed by atoms with Crippen molar-refractivity contribution in [2.75, 3.05) is 11.9 Å². The summed E-state index contributed by atoms with van der Waals surface area (Å²) in [5.41, 5.74) is 8.53. The van der Waals surface area contributed by atoms with Crippen molar-refractivity contribution >= 4 is 11.6 Å². The van der Waals surface area contributed by atoms with Gasteiger partial charge in [0.15, 0.2) is 0 Å². The highest BCUT2D eigenvalue weighted by Crippen LogP contribution is 2.25. The first-order valence-electron chi connectivity index (χ1n) is 8.11. The molecule has 0 spiro atoms. The van der Waals surface area contributed by atoms with Gasteiger partial charge in [0.25, 0.3) is 0 Å². The second-order valence-electron chi connectivity index (χ2n) is 6.72. The number of carbonyl (C=O) groups is 1. The molecule has 0 radical (unpaired) electrons. The summed E-state index contributed by atoms with van der Waals surface area (Å²) in [6.45, 7) is 10.5. The Bertz CT molecular complexity index is 733. The van der Waals surface area contributed by atoms with E-state index < -0.39 is 0 Å². The number of anilines is 1. The number of amides is 1. The summed E-state index contributed by atoms with van der Waals surface area (Å²) in [5, 5.41) is 3.05. The van der Waals surface area contributed by atoms with Crippen LogP contribution >= 0.6 is 0 Å². The number of aryl methyl sites for hydroxylation is 4. The van der Waals surface area contributed by atoms with Crippen LogP contribution in [0, 0.1) is 27.7 Å². The van der Waals surface area contributed by atoms with E-state index in [2.05, 4.69) is 42.3 Å². The van der Waals surface area contributed by atoms with Crippen molar-refractivity contribution in [1.82, 2.24) is 4.90 Å². The predicted molar refractivity (Wildman–Crippen MR) is 94.6 cm³/mol. The first-order chi connectivity index (χ1) is 10.9. The topological polar surface area (TPSA) is 32.3 Å². The fourth-order valence-electron chi connectivity index (χ4n) is 3.14. The second-order valence-corrected chi connectivity index (χ2v) is 6.72. The molecule has 2 aromatic carbocycles. The molecule has 1 N–H and O–H groups in total. The smallest absolute Gasteiger partial charge is 0.238 e. The molecule has 3 rings (SSSR count). The van der Waals surface area contributed by atoms with Gasteiger partial charge in [-0.1, -0.05) is 24.3 Å². The standard InChI is InChI=1S/C20H24N2O/c1-13-5-6-14(2)19(7-13)21-20(23)12-22-10-17-8-15(3)16(4)9-18(17)11-22/h5-9H,10-12H2,1-4H3,(H,21,23). The number of nitrogens with one attached hydrogen (secondary N) is 1. The molecule has 1 heterocycles. The van der Waals surface area contributed by atoms with Crippen LogP contribution in [0.15, 0.2) is 30.3 Å². The number of fused-ring (bicyclic) bond motifs is 1. The minimum absolute atomic E-state index is 0.0555. The number of hydrogen-bond donors (Lipinski definition) is 1. The molecular weight excluding hydrogens is 284 g/mol. The van der Waals surface area contributed by atoms with E-state index in [-0.39, 0.29) is 5.91 Å². The number of nitrogens with zero attached hydrogens (tertiary/aromatic N) is 1. The molecule has 120 valence electrons. The Labute approximate surface area is 138 Å². The molecule has 0 bridgehead atoms. The van der Waals surface area contributed by atoms with Crippen molar-refractivity contribution in [2.45, 2.75) is 40.8 Å². The Hall–Kier alpha value is -2.13. The van der Waals surface area contributed by atoms with Gasteiger partial charge in [0, 0.05) is 18.8 Å². The van der Waals surface area contributed by atoms with Crippen molar-refractivity contribution in [3.05, 3.63) is 63.7 Å². The first-order valence-corrected chi connectivity index (χ1v) is 8.11. The lowest BCUT2D eigenvalue weighted by Crippen LogP contribution is -2.29. The number of benzene rings is 2. The van der Waals surface area contributed by atoms with Crippen molar-refractivity contribution in [1.29, 1.82) is 0 Å². The van der Waals surface area contributed by atoms with Gasteiger partial charge in [-0.05, 0) is 67.1 Å². The van der Waals surface area contributed by atoms with Gasteiger partial charge in [0.2, 0.25) is 5.91 Å². The lowest BCUT2D eigenvalue weighted by atomic mass is 10.0. The molecule has 3 heteroatoms. The summed E-state index contributed by atoms with van der Waals surface area (Å²) < 4.78 is 0. The van der Waals surface area contributed by atoms with E-state index in [9.17, 15) is 4.79 Å². The van der Waals surface area contributed by atoms with Crippen LogP contribution in [0.2, 0.25) is 0 Å².